The van der Waals surface area contributed by atoms with E-state index >= 15 is 0 Å². The van der Waals surface area contributed by atoms with Gasteiger partial charge in [0.25, 0.3) is 0 Å². The van der Waals surface area contributed by atoms with Crippen LogP contribution in [-0.2, 0) is 0 Å². The van der Waals surface area contributed by atoms with Crippen LogP contribution < -0.4 is 0 Å². The largest absolute Gasteiger partial charge is 0.478 e. The normalized spacial score (nSPS) is 10.5. The van der Waals surface area contributed by atoms with Gasteiger partial charge in [0, 0.05) is 17.9 Å². The minimum atomic E-state index is -1.05. The van der Waals surface area contributed by atoms with E-state index in [0.29, 0.717) is 17.9 Å². The molecule has 2 rings (SSSR count). The van der Waals surface area contributed by atoms with Gasteiger partial charge in [0.1, 0.15) is 0 Å². The summed E-state index contributed by atoms with van der Waals surface area (Å²) in [6, 6.07) is 6.68. The van der Waals surface area contributed by atoms with E-state index in [1.165, 1.54) is 0 Å². The number of hydrogen-bond donors (Lipinski definition) is 2. The third kappa shape index (κ3) is 3.45. The number of halogens is 4. The zero-order chi connectivity index (χ0) is 16.6. The molecule has 22 heavy (non-hydrogen) atoms. The van der Waals surface area contributed by atoms with Crippen molar-refractivity contribution in [3.8, 4) is 11.1 Å². The van der Waals surface area contributed by atoms with Gasteiger partial charge in [-0.1, -0.05) is 0 Å². The van der Waals surface area contributed by atoms with Crippen LogP contribution in [0.4, 0.5) is 0 Å². The van der Waals surface area contributed by atoms with Gasteiger partial charge >= 0.3 is 11.9 Å². The van der Waals surface area contributed by atoms with Crippen LogP contribution in [0.3, 0.4) is 0 Å². The van der Waals surface area contributed by atoms with Crippen LogP contribution in [0.2, 0.25) is 0 Å². The molecule has 2 N–H and O–H groups in total. The molecule has 0 fully saturated rings. The van der Waals surface area contributed by atoms with Gasteiger partial charge < -0.3 is 10.2 Å². The number of rotatable bonds is 3. The molecule has 0 aliphatic heterocycles. The lowest BCUT2D eigenvalue weighted by Crippen LogP contribution is -2.01. The van der Waals surface area contributed by atoms with Crippen LogP contribution in [0.15, 0.2) is 42.2 Å². The van der Waals surface area contributed by atoms with E-state index in [-0.39, 0.29) is 11.1 Å². The molecule has 0 radical (unpaired) electrons. The maximum atomic E-state index is 11.2. The van der Waals surface area contributed by atoms with Gasteiger partial charge in [0.15, 0.2) is 0 Å². The lowest BCUT2D eigenvalue weighted by atomic mass is 10.0. The van der Waals surface area contributed by atoms with Crippen molar-refractivity contribution in [2.45, 2.75) is 0 Å². The highest BCUT2D eigenvalue weighted by Crippen LogP contribution is 2.36. The summed E-state index contributed by atoms with van der Waals surface area (Å²) in [5.41, 5.74) is 1.73. The number of hydrogen-bond acceptors (Lipinski definition) is 2. The second-order valence-electron chi connectivity index (χ2n) is 4.24. The molecule has 0 heterocycles. The number of benzene rings is 2. The molecule has 0 aromatic heterocycles. The summed E-state index contributed by atoms with van der Waals surface area (Å²) in [4.78, 5) is 22.4. The molecule has 0 aliphatic carbocycles. The van der Waals surface area contributed by atoms with Gasteiger partial charge in [-0.25, -0.2) is 9.59 Å². The minimum Gasteiger partial charge on any atom is -0.478 e. The molecule has 0 bridgehead atoms. The Bertz CT molecular complexity index is 688. The Morgan fingerprint density at radius 1 is 0.636 bits per heavy atom. The molecule has 0 saturated carbocycles. The summed E-state index contributed by atoms with van der Waals surface area (Å²) < 4.78 is 1.72. The second-order valence-corrected chi connectivity index (χ2v) is 7.66. The summed E-state index contributed by atoms with van der Waals surface area (Å²) in [5.74, 6) is -2.09. The third-order valence-electron chi connectivity index (χ3n) is 2.85. The van der Waals surface area contributed by atoms with Crippen molar-refractivity contribution in [1.29, 1.82) is 0 Å². The predicted molar refractivity (Wildman–Crippen MR) is 96.6 cm³/mol. The molecule has 8 heteroatoms. The van der Waals surface area contributed by atoms with Gasteiger partial charge in [-0.2, -0.15) is 0 Å². The van der Waals surface area contributed by atoms with Crippen LogP contribution in [0, 0.1) is 0 Å². The Morgan fingerprint density at radius 3 is 1.05 bits per heavy atom. The zero-order valence-electron chi connectivity index (χ0n) is 10.5. The standard InChI is InChI=1S/C14H6Br4O4/c15-7-1-5(2-8(16)11(7)13(19)20)6-3-9(17)12(14(21)22)10(18)4-6/h1-4H,(H,19,20)(H,21,22). The van der Waals surface area contributed by atoms with Crippen molar-refractivity contribution in [3.05, 3.63) is 53.3 Å². The number of aromatic carboxylic acids is 2. The first-order valence-corrected chi connectivity index (χ1v) is 8.84. The molecule has 114 valence electrons. The highest BCUT2D eigenvalue weighted by Gasteiger charge is 2.18. The Morgan fingerprint density at radius 2 is 0.864 bits per heavy atom. The Hall–Kier alpha value is -0.700. The summed E-state index contributed by atoms with van der Waals surface area (Å²) in [5, 5.41) is 18.3. The highest BCUT2D eigenvalue weighted by molar-refractivity contribution is 9.11. The van der Waals surface area contributed by atoms with Gasteiger partial charge in [-0.05, 0) is 99.1 Å². The van der Waals surface area contributed by atoms with E-state index < -0.39 is 11.9 Å². The lowest BCUT2D eigenvalue weighted by Gasteiger charge is -2.10. The number of carboxylic acids is 2. The zero-order valence-corrected chi connectivity index (χ0v) is 16.9. The Kier molecular flexibility index (Phi) is 5.47. The van der Waals surface area contributed by atoms with Gasteiger partial charge in [0.05, 0.1) is 11.1 Å². The second kappa shape index (κ2) is 6.82. The van der Waals surface area contributed by atoms with Crippen molar-refractivity contribution in [3.63, 3.8) is 0 Å². The first-order chi connectivity index (χ1) is 10.2. The third-order valence-corrected chi connectivity index (χ3v) is 5.35. The first kappa shape index (κ1) is 17.7. The molecule has 0 unspecified atom stereocenters. The van der Waals surface area contributed by atoms with Crippen LogP contribution in [0.1, 0.15) is 20.7 Å². The molecule has 2 aromatic rings. The average molecular weight is 558 g/mol. The van der Waals surface area contributed by atoms with E-state index in [4.69, 9.17) is 10.2 Å². The quantitative estimate of drug-likeness (QED) is 0.500. The monoisotopic (exact) mass is 554 g/mol. The van der Waals surface area contributed by atoms with E-state index in [9.17, 15) is 9.59 Å². The summed E-state index contributed by atoms with van der Waals surface area (Å²) in [6.45, 7) is 0. The Labute approximate surface area is 159 Å². The predicted octanol–water partition coefficient (Wildman–Crippen LogP) is 5.80. The van der Waals surface area contributed by atoms with Crippen molar-refractivity contribution in [2.75, 3.05) is 0 Å². The number of carboxylic acid groups (broad SMARTS) is 2. The first-order valence-electron chi connectivity index (χ1n) is 5.67. The van der Waals surface area contributed by atoms with Crippen LogP contribution in [0.5, 0.6) is 0 Å². The summed E-state index contributed by atoms with van der Waals surface area (Å²) >= 11 is 13.0. The summed E-state index contributed by atoms with van der Waals surface area (Å²) in [7, 11) is 0. The SMILES string of the molecule is O=C(O)c1c(Br)cc(-c2cc(Br)c(C(=O)O)c(Br)c2)cc1Br. The molecule has 2 aromatic carbocycles. The van der Waals surface area contributed by atoms with Gasteiger partial charge in [-0.3, -0.25) is 0 Å². The van der Waals surface area contributed by atoms with Crippen molar-refractivity contribution >= 4 is 75.7 Å². The fourth-order valence-corrected chi connectivity index (χ4v) is 4.94. The molecule has 0 aliphatic rings. The molecule has 0 spiro atoms. The maximum absolute atomic E-state index is 11.2. The molecule has 0 amide bonds. The van der Waals surface area contributed by atoms with E-state index in [1.807, 2.05) is 0 Å². The van der Waals surface area contributed by atoms with Crippen LogP contribution >= 0.6 is 63.7 Å². The molecule has 4 nitrogen and oxygen atoms in total. The Balaban J connectivity index is 2.63. The summed E-state index contributed by atoms with van der Waals surface area (Å²) in [6.07, 6.45) is 0. The molecular formula is C14H6Br4O4. The van der Waals surface area contributed by atoms with E-state index in [0.717, 1.165) is 11.1 Å². The highest BCUT2D eigenvalue weighted by atomic mass is 79.9. The lowest BCUT2D eigenvalue weighted by molar-refractivity contribution is 0.0684. The topological polar surface area (TPSA) is 74.6 Å². The van der Waals surface area contributed by atoms with E-state index in [1.54, 1.807) is 24.3 Å². The smallest absolute Gasteiger partial charge is 0.337 e. The fraction of sp³-hybridized carbons (Fsp3) is 0. The molecule has 0 atom stereocenters. The van der Waals surface area contributed by atoms with E-state index in [2.05, 4.69) is 63.7 Å². The van der Waals surface area contributed by atoms with Gasteiger partial charge in [-0.15, -0.1) is 0 Å². The van der Waals surface area contributed by atoms with Gasteiger partial charge in [0.2, 0.25) is 0 Å². The molecular weight excluding hydrogens is 552 g/mol. The van der Waals surface area contributed by atoms with Crippen LogP contribution in [0.25, 0.3) is 11.1 Å². The van der Waals surface area contributed by atoms with Crippen molar-refractivity contribution < 1.29 is 19.8 Å². The number of carbonyl (C=O) groups is 2. The molecule has 0 saturated heterocycles. The van der Waals surface area contributed by atoms with Crippen molar-refractivity contribution in [2.24, 2.45) is 0 Å². The average Bonchev–Trinajstić information content (AvgIpc) is 2.35. The van der Waals surface area contributed by atoms with Crippen LogP contribution in [-0.4, -0.2) is 22.2 Å². The van der Waals surface area contributed by atoms with Crippen molar-refractivity contribution in [1.82, 2.24) is 0 Å². The maximum Gasteiger partial charge on any atom is 0.337 e. The fourth-order valence-electron chi connectivity index (χ4n) is 1.89. The minimum absolute atomic E-state index is 0.129.